The summed E-state index contributed by atoms with van der Waals surface area (Å²) in [6.07, 6.45) is 0.138. The van der Waals surface area contributed by atoms with E-state index in [2.05, 4.69) is 0 Å². The van der Waals surface area contributed by atoms with Gasteiger partial charge in [-0.1, -0.05) is 18.2 Å². The van der Waals surface area contributed by atoms with Gasteiger partial charge in [-0.15, -0.1) is 5.06 Å². The van der Waals surface area contributed by atoms with Crippen molar-refractivity contribution in [3.05, 3.63) is 64.7 Å². The molecule has 0 saturated carbocycles. The van der Waals surface area contributed by atoms with Crippen molar-refractivity contribution in [1.29, 1.82) is 0 Å². The van der Waals surface area contributed by atoms with Crippen LogP contribution in [0.1, 0.15) is 59.0 Å². The van der Waals surface area contributed by atoms with Crippen LogP contribution in [-0.2, 0) is 32.1 Å². The Morgan fingerprint density at radius 2 is 1.65 bits per heavy atom. The molecular weight excluding hydrogens is 480 g/mol. The summed E-state index contributed by atoms with van der Waals surface area (Å²) in [6, 6.07) is 11.3. The number of hydrogen-bond donors (Lipinski definition) is 0. The summed E-state index contributed by atoms with van der Waals surface area (Å²) in [6.45, 7) is 5.86. The number of nitrogens with zero attached hydrogens (tertiary/aromatic N) is 2. The van der Waals surface area contributed by atoms with E-state index < -0.39 is 35.5 Å². The van der Waals surface area contributed by atoms with Crippen LogP contribution in [0, 0.1) is 0 Å². The van der Waals surface area contributed by atoms with Gasteiger partial charge >= 0.3 is 12.1 Å². The lowest BCUT2D eigenvalue weighted by Gasteiger charge is -2.36. The third-order valence-electron chi connectivity index (χ3n) is 5.94. The molecule has 0 radical (unpaired) electrons. The van der Waals surface area contributed by atoms with Gasteiger partial charge in [0.05, 0.1) is 38.0 Å². The van der Waals surface area contributed by atoms with Gasteiger partial charge in [0.2, 0.25) is 0 Å². The van der Waals surface area contributed by atoms with Gasteiger partial charge in [0.15, 0.2) is 0 Å². The van der Waals surface area contributed by atoms with Gasteiger partial charge in [0.25, 0.3) is 11.8 Å². The normalized spacial score (nSPS) is 16.8. The standard InChI is InChI=1S/C27H30N2O8/c1-27(2,3)37-26(33)28-16-18-14-19(11-10-17(18)15-22(28)25(32)34-4)35-12-7-13-36-29-23(30)20-8-5-6-9-21(20)24(29)31/h5-6,8-11,14,22H,7,12-13,15-16H2,1-4H3/t22-/m0/s1. The minimum Gasteiger partial charge on any atom is -0.493 e. The third kappa shape index (κ3) is 5.75. The minimum absolute atomic E-state index is 0.115. The molecule has 2 heterocycles. The number of ether oxygens (including phenoxy) is 3. The summed E-state index contributed by atoms with van der Waals surface area (Å²) in [4.78, 5) is 56.7. The van der Waals surface area contributed by atoms with Crippen molar-refractivity contribution in [2.45, 2.75) is 51.8 Å². The lowest BCUT2D eigenvalue weighted by Crippen LogP contribution is -2.50. The van der Waals surface area contributed by atoms with Gasteiger partial charge in [0.1, 0.15) is 17.4 Å². The maximum Gasteiger partial charge on any atom is 0.411 e. The number of fused-ring (bicyclic) bond motifs is 2. The zero-order valence-corrected chi connectivity index (χ0v) is 21.3. The second kappa shape index (κ2) is 10.6. The van der Waals surface area contributed by atoms with Crippen LogP contribution in [0.25, 0.3) is 0 Å². The first-order chi connectivity index (χ1) is 17.6. The van der Waals surface area contributed by atoms with Gasteiger partial charge < -0.3 is 14.2 Å². The highest BCUT2D eigenvalue weighted by atomic mass is 16.7. The fraction of sp³-hybridized carbons (Fsp3) is 0.407. The number of benzene rings is 2. The number of imide groups is 1. The van der Waals surface area contributed by atoms with Crippen molar-refractivity contribution >= 4 is 23.9 Å². The molecule has 10 nitrogen and oxygen atoms in total. The maximum absolute atomic E-state index is 12.8. The molecule has 0 fully saturated rings. The molecule has 0 aliphatic carbocycles. The number of methoxy groups -OCH3 is 1. The molecule has 0 bridgehead atoms. The Balaban J connectivity index is 1.33. The summed E-state index contributed by atoms with van der Waals surface area (Å²) in [5.74, 6) is -0.873. The molecule has 1 atom stereocenters. The van der Waals surface area contributed by atoms with Crippen molar-refractivity contribution in [3.63, 3.8) is 0 Å². The topological polar surface area (TPSA) is 112 Å². The summed E-state index contributed by atoms with van der Waals surface area (Å²) < 4.78 is 16.2. The van der Waals surface area contributed by atoms with Gasteiger partial charge in [-0.25, -0.2) is 9.59 Å². The lowest BCUT2D eigenvalue weighted by molar-refractivity contribution is -0.147. The van der Waals surface area contributed by atoms with E-state index in [4.69, 9.17) is 19.0 Å². The number of amides is 3. The van der Waals surface area contributed by atoms with Crippen LogP contribution in [0.5, 0.6) is 5.75 Å². The molecule has 3 amide bonds. The zero-order valence-electron chi connectivity index (χ0n) is 21.3. The van der Waals surface area contributed by atoms with Crippen LogP contribution in [0.15, 0.2) is 42.5 Å². The van der Waals surface area contributed by atoms with Crippen LogP contribution in [0.4, 0.5) is 4.79 Å². The molecule has 0 spiro atoms. The number of hydrogen-bond acceptors (Lipinski definition) is 8. The molecule has 2 aliphatic rings. The summed E-state index contributed by atoms with van der Waals surface area (Å²) in [5.41, 5.74) is 1.70. The van der Waals surface area contributed by atoms with Crippen molar-refractivity contribution in [2.75, 3.05) is 20.3 Å². The average molecular weight is 511 g/mol. The van der Waals surface area contributed by atoms with E-state index in [1.54, 1.807) is 51.1 Å². The van der Waals surface area contributed by atoms with Crippen molar-refractivity contribution in [2.24, 2.45) is 0 Å². The highest BCUT2D eigenvalue weighted by Gasteiger charge is 2.38. The molecule has 37 heavy (non-hydrogen) atoms. The zero-order chi connectivity index (χ0) is 26.7. The molecule has 0 unspecified atom stereocenters. The van der Waals surface area contributed by atoms with Crippen LogP contribution in [-0.4, -0.2) is 65.8 Å². The third-order valence-corrected chi connectivity index (χ3v) is 5.94. The fourth-order valence-electron chi connectivity index (χ4n) is 4.20. The Morgan fingerprint density at radius 1 is 0.973 bits per heavy atom. The summed E-state index contributed by atoms with van der Waals surface area (Å²) in [5, 5.41) is 0.784. The molecule has 0 saturated heterocycles. The van der Waals surface area contributed by atoms with E-state index in [9.17, 15) is 19.2 Å². The summed E-state index contributed by atoms with van der Waals surface area (Å²) >= 11 is 0. The lowest BCUT2D eigenvalue weighted by atomic mass is 9.94. The number of rotatable bonds is 7. The molecule has 2 aromatic carbocycles. The van der Waals surface area contributed by atoms with E-state index in [1.807, 2.05) is 12.1 Å². The predicted molar refractivity (Wildman–Crippen MR) is 131 cm³/mol. The average Bonchev–Trinajstić information content (AvgIpc) is 3.11. The number of hydroxylamine groups is 2. The van der Waals surface area contributed by atoms with Crippen LogP contribution >= 0.6 is 0 Å². The van der Waals surface area contributed by atoms with Crippen molar-refractivity contribution in [3.8, 4) is 5.75 Å². The molecule has 10 heteroatoms. The quantitative estimate of drug-likeness (QED) is 0.316. The van der Waals surface area contributed by atoms with Gasteiger partial charge in [-0.3, -0.25) is 19.3 Å². The first-order valence-electron chi connectivity index (χ1n) is 12.0. The van der Waals surface area contributed by atoms with E-state index >= 15 is 0 Å². The molecule has 4 rings (SSSR count). The first kappa shape index (κ1) is 26.2. The molecule has 0 N–H and O–H groups in total. The molecule has 196 valence electrons. The van der Waals surface area contributed by atoms with E-state index in [-0.39, 0.29) is 19.8 Å². The van der Waals surface area contributed by atoms with Crippen LogP contribution in [0.3, 0.4) is 0 Å². The largest absolute Gasteiger partial charge is 0.493 e. The maximum atomic E-state index is 12.8. The number of carbonyl (C=O) groups is 4. The van der Waals surface area contributed by atoms with E-state index in [0.717, 1.165) is 16.2 Å². The molecule has 2 aliphatic heterocycles. The van der Waals surface area contributed by atoms with E-state index in [1.165, 1.54) is 12.0 Å². The SMILES string of the molecule is COC(=O)[C@@H]1Cc2ccc(OCCCON3C(=O)c4ccccc4C3=O)cc2CN1C(=O)OC(C)(C)C. The first-order valence-corrected chi connectivity index (χ1v) is 12.0. The van der Waals surface area contributed by atoms with E-state index in [0.29, 0.717) is 29.7 Å². The predicted octanol–water partition coefficient (Wildman–Crippen LogP) is 3.52. The van der Waals surface area contributed by atoms with Crippen LogP contribution < -0.4 is 4.74 Å². The Hall–Kier alpha value is -3.92. The Kier molecular flexibility index (Phi) is 7.49. The minimum atomic E-state index is -0.779. The van der Waals surface area contributed by atoms with Gasteiger partial charge in [-0.05, 0) is 56.2 Å². The fourth-order valence-corrected chi connectivity index (χ4v) is 4.20. The highest BCUT2D eigenvalue weighted by molar-refractivity contribution is 6.20. The monoisotopic (exact) mass is 510 g/mol. The Bertz CT molecular complexity index is 1180. The van der Waals surface area contributed by atoms with Gasteiger partial charge in [-0.2, -0.15) is 0 Å². The Labute approximate surface area is 215 Å². The van der Waals surface area contributed by atoms with Crippen LogP contribution in [0.2, 0.25) is 0 Å². The number of carbonyl (C=O) groups excluding carboxylic acids is 4. The molecule has 0 aromatic heterocycles. The summed E-state index contributed by atoms with van der Waals surface area (Å²) in [7, 11) is 1.29. The molecular formula is C27H30N2O8. The second-order valence-corrected chi connectivity index (χ2v) is 9.77. The van der Waals surface area contributed by atoms with Crippen molar-refractivity contribution in [1.82, 2.24) is 9.96 Å². The van der Waals surface area contributed by atoms with Gasteiger partial charge in [0, 0.05) is 12.8 Å². The smallest absolute Gasteiger partial charge is 0.411 e. The second-order valence-electron chi connectivity index (χ2n) is 9.77. The molecule has 2 aromatic rings. The van der Waals surface area contributed by atoms with Crippen molar-refractivity contribution < 1.29 is 38.2 Å². The Morgan fingerprint density at radius 3 is 2.27 bits per heavy atom. The highest BCUT2D eigenvalue weighted by Crippen LogP contribution is 2.29. The number of esters is 1.